The fourth-order valence-corrected chi connectivity index (χ4v) is 2.46. The molecule has 1 aromatic carbocycles. The maximum atomic E-state index is 9.30. The third-order valence-corrected chi connectivity index (χ3v) is 3.82. The van der Waals surface area contributed by atoms with Gasteiger partial charge in [-0.1, -0.05) is 32.9 Å². The molecule has 0 spiro atoms. The van der Waals surface area contributed by atoms with Gasteiger partial charge in [-0.2, -0.15) is 0 Å². The summed E-state index contributed by atoms with van der Waals surface area (Å²) in [6.07, 6.45) is 0. The molecule has 0 aliphatic rings. The molecule has 0 aliphatic carbocycles. The fourth-order valence-electron chi connectivity index (χ4n) is 1.96. The van der Waals surface area contributed by atoms with Crippen LogP contribution in [0.1, 0.15) is 37.5 Å². The number of hydrogen-bond acceptors (Lipinski definition) is 3. The highest BCUT2D eigenvalue weighted by Crippen LogP contribution is 2.32. The van der Waals surface area contributed by atoms with Crippen molar-refractivity contribution in [3.8, 4) is 0 Å². The molecule has 1 rings (SSSR count). The van der Waals surface area contributed by atoms with Crippen molar-refractivity contribution in [2.24, 2.45) is 0 Å². The van der Waals surface area contributed by atoms with Gasteiger partial charge in [-0.25, -0.2) is 0 Å². The van der Waals surface area contributed by atoms with Crippen LogP contribution >= 0.6 is 0 Å². The Bertz CT molecular complexity index is 411. The van der Waals surface area contributed by atoms with Crippen LogP contribution in [0.5, 0.6) is 0 Å². The number of benzene rings is 1. The first-order chi connectivity index (χ1) is 8.27. The summed E-state index contributed by atoms with van der Waals surface area (Å²) in [7, 11) is -1.08. The van der Waals surface area contributed by atoms with E-state index in [-0.39, 0.29) is 12.0 Å². The van der Waals surface area contributed by atoms with Gasteiger partial charge in [0.2, 0.25) is 0 Å². The molecule has 1 aromatic rings. The van der Waals surface area contributed by atoms with E-state index in [9.17, 15) is 5.11 Å². The molecule has 0 radical (unpaired) electrons. The van der Waals surface area contributed by atoms with E-state index in [0.29, 0.717) is 12.3 Å². The lowest BCUT2D eigenvalue weighted by Gasteiger charge is -2.25. The zero-order chi connectivity index (χ0) is 13.9. The Balaban J connectivity index is 3.22. The molecule has 0 bridgehead atoms. The van der Waals surface area contributed by atoms with Crippen LogP contribution in [0.3, 0.4) is 0 Å². The van der Waals surface area contributed by atoms with Crippen molar-refractivity contribution in [2.45, 2.75) is 52.5 Å². The minimum Gasteiger partial charge on any atom is -0.416 e. The number of nitrogens with two attached hydrogens (primary N) is 1. The number of rotatable bonds is 4. The Morgan fingerprint density at radius 3 is 2.33 bits per heavy atom. The van der Waals surface area contributed by atoms with E-state index in [1.54, 1.807) is 0 Å². The van der Waals surface area contributed by atoms with Crippen molar-refractivity contribution in [1.82, 2.24) is 0 Å². The number of nitrogen functional groups attached to an aromatic ring is 1. The quantitative estimate of drug-likeness (QED) is 0.651. The van der Waals surface area contributed by atoms with Crippen LogP contribution in [0.2, 0.25) is 13.1 Å². The van der Waals surface area contributed by atoms with Crippen molar-refractivity contribution in [2.75, 3.05) is 5.73 Å². The average Bonchev–Trinajstić information content (AvgIpc) is 2.25. The molecule has 0 heterocycles. The maximum Gasteiger partial charge on any atom is 0.171 e. The lowest BCUT2D eigenvalue weighted by atomic mass is 9.82. The van der Waals surface area contributed by atoms with E-state index in [2.05, 4.69) is 39.9 Å². The standard InChI is InChI=1S/C14H25NO2Si/c1-14(2,3)12-7-6-10(8-16)13(15)11(12)9-17-18(4)5/h6-7,16,18H,8-9,15H2,1-5H3. The third kappa shape index (κ3) is 3.57. The highest BCUT2D eigenvalue weighted by molar-refractivity contribution is 6.48. The Labute approximate surface area is 112 Å². The van der Waals surface area contributed by atoms with Crippen LogP contribution in [0.4, 0.5) is 5.69 Å². The van der Waals surface area contributed by atoms with Gasteiger partial charge in [0.1, 0.15) is 0 Å². The number of anilines is 1. The Morgan fingerprint density at radius 2 is 1.89 bits per heavy atom. The van der Waals surface area contributed by atoms with Crippen molar-refractivity contribution in [3.05, 3.63) is 28.8 Å². The molecule has 0 saturated heterocycles. The third-order valence-electron chi connectivity index (χ3n) is 2.99. The predicted molar refractivity (Wildman–Crippen MR) is 79.1 cm³/mol. The van der Waals surface area contributed by atoms with Gasteiger partial charge in [0.05, 0.1) is 13.2 Å². The van der Waals surface area contributed by atoms with Gasteiger partial charge in [0.15, 0.2) is 9.04 Å². The summed E-state index contributed by atoms with van der Waals surface area (Å²) in [6, 6.07) is 3.97. The summed E-state index contributed by atoms with van der Waals surface area (Å²) >= 11 is 0. The SMILES string of the molecule is C[SiH](C)OCc1c(C(C)(C)C)ccc(CO)c1N. The monoisotopic (exact) mass is 267 g/mol. The molecule has 0 fully saturated rings. The van der Waals surface area contributed by atoms with Gasteiger partial charge in [-0.05, 0) is 24.1 Å². The number of aliphatic hydroxyl groups is 1. The highest BCUT2D eigenvalue weighted by Gasteiger charge is 2.21. The minimum atomic E-state index is -1.08. The second-order valence-corrected chi connectivity index (χ2v) is 8.36. The highest BCUT2D eigenvalue weighted by atomic mass is 28.3. The molecule has 0 amide bonds. The van der Waals surface area contributed by atoms with Gasteiger partial charge in [-0.3, -0.25) is 0 Å². The number of aliphatic hydroxyl groups excluding tert-OH is 1. The molecule has 0 unspecified atom stereocenters. The first-order valence-electron chi connectivity index (χ1n) is 6.40. The molecule has 3 N–H and O–H groups in total. The van der Waals surface area contributed by atoms with E-state index >= 15 is 0 Å². The molecule has 4 heteroatoms. The van der Waals surface area contributed by atoms with Crippen molar-refractivity contribution < 1.29 is 9.53 Å². The Kier molecular flexibility index (Phi) is 4.96. The van der Waals surface area contributed by atoms with E-state index in [4.69, 9.17) is 10.2 Å². The van der Waals surface area contributed by atoms with Gasteiger partial charge < -0.3 is 15.3 Å². The molecule has 0 aliphatic heterocycles. The zero-order valence-electron chi connectivity index (χ0n) is 12.1. The molecule has 102 valence electrons. The van der Waals surface area contributed by atoms with Crippen LogP contribution < -0.4 is 5.73 Å². The van der Waals surface area contributed by atoms with E-state index in [0.717, 1.165) is 11.1 Å². The topological polar surface area (TPSA) is 55.5 Å². The van der Waals surface area contributed by atoms with Gasteiger partial charge in [0, 0.05) is 16.8 Å². The van der Waals surface area contributed by atoms with Gasteiger partial charge in [-0.15, -0.1) is 0 Å². The first kappa shape index (κ1) is 15.2. The van der Waals surface area contributed by atoms with Crippen molar-refractivity contribution in [3.63, 3.8) is 0 Å². The van der Waals surface area contributed by atoms with E-state index in [1.807, 2.05) is 6.07 Å². The first-order valence-corrected chi connectivity index (χ1v) is 9.18. The van der Waals surface area contributed by atoms with Crippen LogP contribution in [0, 0.1) is 0 Å². The molecule has 0 atom stereocenters. The van der Waals surface area contributed by atoms with E-state index < -0.39 is 9.04 Å². The summed E-state index contributed by atoms with van der Waals surface area (Å²) in [4.78, 5) is 0. The lowest BCUT2D eigenvalue weighted by Crippen LogP contribution is -2.19. The van der Waals surface area contributed by atoms with Gasteiger partial charge in [0.25, 0.3) is 0 Å². The van der Waals surface area contributed by atoms with Crippen molar-refractivity contribution in [1.29, 1.82) is 0 Å². The van der Waals surface area contributed by atoms with Crippen LogP contribution in [-0.4, -0.2) is 14.1 Å². The van der Waals surface area contributed by atoms with Crippen molar-refractivity contribution >= 4 is 14.7 Å². The maximum absolute atomic E-state index is 9.30. The summed E-state index contributed by atoms with van der Waals surface area (Å²) in [5, 5.41) is 9.30. The summed E-state index contributed by atoms with van der Waals surface area (Å²) in [5.74, 6) is 0. The van der Waals surface area contributed by atoms with Crippen LogP contribution in [0.15, 0.2) is 12.1 Å². The second-order valence-electron chi connectivity index (χ2n) is 5.93. The van der Waals surface area contributed by atoms with E-state index in [1.165, 1.54) is 5.56 Å². The summed E-state index contributed by atoms with van der Waals surface area (Å²) in [6.45, 7) is 11.3. The summed E-state index contributed by atoms with van der Waals surface area (Å²) in [5.41, 5.74) is 9.88. The normalized spacial score (nSPS) is 12.2. The largest absolute Gasteiger partial charge is 0.416 e. The number of hydrogen-bond donors (Lipinski definition) is 2. The smallest absolute Gasteiger partial charge is 0.171 e. The average molecular weight is 267 g/mol. The van der Waals surface area contributed by atoms with Crippen LogP contribution in [-0.2, 0) is 23.1 Å². The molecular weight excluding hydrogens is 242 g/mol. The Hall–Kier alpha value is -0.843. The van der Waals surface area contributed by atoms with Crippen LogP contribution in [0.25, 0.3) is 0 Å². The van der Waals surface area contributed by atoms with Gasteiger partial charge >= 0.3 is 0 Å². The predicted octanol–water partition coefficient (Wildman–Crippen LogP) is 2.56. The fraction of sp³-hybridized carbons (Fsp3) is 0.571. The zero-order valence-corrected chi connectivity index (χ0v) is 13.2. The molecule has 3 nitrogen and oxygen atoms in total. The minimum absolute atomic E-state index is 0.0254. The molecule has 18 heavy (non-hydrogen) atoms. The lowest BCUT2D eigenvalue weighted by molar-refractivity contribution is 0.281. The Morgan fingerprint density at radius 1 is 1.28 bits per heavy atom. The molecule has 0 aromatic heterocycles. The molecular formula is C14H25NO2Si. The summed E-state index contributed by atoms with van der Waals surface area (Å²) < 4.78 is 5.82. The second kappa shape index (κ2) is 5.86. The molecule has 0 saturated carbocycles.